The summed E-state index contributed by atoms with van der Waals surface area (Å²) in [7, 11) is 1.58. The number of non-ortho nitro benzene ring substituents is 1. The van der Waals surface area contributed by atoms with Crippen LogP contribution in [0.15, 0.2) is 18.2 Å². The van der Waals surface area contributed by atoms with E-state index in [0.717, 1.165) is 0 Å². The molecule has 118 valence electrons. The van der Waals surface area contributed by atoms with Crippen LogP contribution in [0, 0.1) is 10.1 Å². The van der Waals surface area contributed by atoms with Crippen molar-refractivity contribution < 1.29 is 28.3 Å². The van der Waals surface area contributed by atoms with Gasteiger partial charge in [0.1, 0.15) is 6.10 Å². The molecule has 0 aromatic heterocycles. The second-order valence-electron chi connectivity index (χ2n) is 4.43. The highest BCUT2D eigenvalue weighted by Gasteiger charge is 2.37. The summed E-state index contributed by atoms with van der Waals surface area (Å²) in [5.41, 5.74) is -2.50. The lowest BCUT2D eigenvalue weighted by atomic mass is 9.96. The molecule has 1 aromatic rings. The molecule has 9 heteroatoms. The molecular formula is C12H15F3N2O4. The average molecular weight is 308 g/mol. The maximum Gasteiger partial charge on any atom is 0.416 e. The third-order valence-electron chi connectivity index (χ3n) is 2.92. The second kappa shape index (κ2) is 6.83. The summed E-state index contributed by atoms with van der Waals surface area (Å²) >= 11 is 0. The van der Waals surface area contributed by atoms with Gasteiger partial charge in [-0.05, 0) is 26.1 Å². The van der Waals surface area contributed by atoms with E-state index in [1.807, 2.05) is 0 Å². The Hall–Kier alpha value is -1.71. The Kier molecular flexibility index (Phi) is 5.64. The summed E-state index contributed by atoms with van der Waals surface area (Å²) in [6, 6.07) is 1.87. The van der Waals surface area contributed by atoms with Crippen molar-refractivity contribution in [1.82, 2.24) is 5.32 Å². The van der Waals surface area contributed by atoms with Gasteiger partial charge in [0.25, 0.3) is 5.69 Å². The predicted octanol–water partition coefficient (Wildman–Crippen LogP) is 1.62. The molecule has 0 amide bonds. The Bertz CT molecular complexity index is 508. The van der Waals surface area contributed by atoms with E-state index < -0.39 is 40.1 Å². The molecular weight excluding hydrogens is 293 g/mol. The van der Waals surface area contributed by atoms with Crippen LogP contribution < -0.4 is 5.32 Å². The van der Waals surface area contributed by atoms with Crippen molar-refractivity contribution in [3.63, 3.8) is 0 Å². The van der Waals surface area contributed by atoms with Gasteiger partial charge in [-0.1, -0.05) is 0 Å². The fourth-order valence-corrected chi connectivity index (χ4v) is 1.82. The molecule has 0 aliphatic rings. The van der Waals surface area contributed by atoms with Crippen LogP contribution in [-0.4, -0.2) is 34.8 Å². The first-order chi connectivity index (χ1) is 9.68. The van der Waals surface area contributed by atoms with Crippen molar-refractivity contribution in [2.24, 2.45) is 0 Å². The number of halogens is 3. The van der Waals surface area contributed by atoms with Crippen molar-refractivity contribution >= 4 is 5.69 Å². The van der Waals surface area contributed by atoms with Gasteiger partial charge in [-0.15, -0.1) is 0 Å². The number of aliphatic hydroxyl groups is 2. The molecule has 21 heavy (non-hydrogen) atoms. The van der Waals surface area contributed by atoms with Gasteiger partial charge in [0.15, 0.2) is 0 Å². The van der Waals surface area contributed by atoms with E-state index in [-0.39, 0.29) is 13.0 Å². The molecule has 0 aliphatic carbocycles. The molecule has 3 N–H and O–H groups in total. The van der Waals surface area contributed by atoms with Gasteiger partial charge in [0, 0.05) is 17.7 Å². The highest BCUT2D eigenvalue weighted by atomic mass is 19.4. The fourth-order valence-electron chi connectivity index (χ4n) is 1.82. The smallest absolute Gasteiger partial charge is 0.390 e. The number of hydrogen-bond donors (Lipinski definition) is 3. The quantitative estimate of drug-likeness (QED) is 0.548. The normalized spacial score (nSPS) is 14.8. The van der Waals surface area contributed by atoms with Crippen LogP contribution in [0.2, 0.25) is 0 Å². The Morgan fingerprint density at radius 3 is 2.48 bits per heavy atom. The first-order valence-electron chi connectivity index (χ1n) is 6.04. The van der Waals surface area contributed by atoms with Crippen LogP contribution in [0.4, 0.5) is 18.9 Å². The lowest BCUT2D eigenvalue weighted by Crippen LogP contribution is -2.25. The molecule has 0 aliphatic heterocycles. The monoisotopic (exact) mass is 308 g/mol. The van der Waals surface area contributed by atoms with Crippen molar-refractivity contribution in [2.45, 2.75) is 24.8 Å². The Balaban J connectivity index is 3.22. The molecule has 0 spiro atoms. The van der Waals surface area contributed by atoms with Gasteiger partial charge in [-0.2, -0.15) is 13.2 Å². The predicted molar refractivity (Wildman–Crippen MR) is 67.6 cm³/mol. The SMILES string of the molecule is CNCCC(O)C(O)c1cc([N+](=O)[O-])ccc1C(F)(F)F. The standard InChI is InChI=1S/C12H15F3N2O4/c1-16-5-4-10(18)11(19)8-6-7(17(20)21)2-3-9(8)12(13,14)15/h2-3,6,10-11,16,18-19H,4-5H2,1H3. The average Bonchev–Trinajstić information content (AvgIpc) is 2.42. The summed E-state index contributed by atoms with van der Waals surface area (Å²) < 4.78 is 38.6. The molecule has 1 aromatic carbocycles. The zero-order valence-electron chi connectivity index (χ0n) is 11.1. The van der Waals surface area contributed by atoms with Gasteiger partial charge in [0.2, 0.25) is 0 Å². The van der Waals surface area contributed by atoms with E-state index in [9.17, 15) is 33.5 Å². The van der Waals surface area contributed by atoms with Crippen LogP contribution in [0.3, 0.4) is 0 Å². The first-order valence-corrected chi connectivity index (χ1v) is 6.04. The molecule has 0 saturated heterocycles. The zero-order chi connectivity index (χ0) is 16.2. The number of nitrogens with zero attached hydrogens (tertiary/aromatic N) is 1. The summed E-state index contributed by atoms with van der Waals surface area (Å²) in [5, 5.41) is 32.9. The summed E-state index contributed by atoms with van der Waals surface area (Å²) in [4.78, 5) is 9.78. The lowest BCUT2D eigenvalue weighted by Gasteiger charge is -2.21. The largest absolute Gasteiger partial charge is 0.416 e. The number of alkyl halides is 3. The Morgan fingerprint density at radius 2 is 2.00 bits per heavy atom. The number of nitro benzene ring substituents is 1. The summed E-state index contributed by atoms with van der Waals surface area (Å²) in [6.07, 6.45) is -8.12. The summed E-state index contributed by atoms with van der Waals surface area (Å²) in [6.45, 7) is 0.272. The third-order valence-corrected chi connectivity index (χ3v) is 2.92. The Morgan fingerprint density at radius 1 is 1.38 bits per heavy atom. The van der Waals surface area contributed by atoms with E-state index in [0.29, 0.717) is 18.2 Å². The molecule has 0 bridgehead atoms. The Labute approximate surface area is 118 Å². The maximum absolute atomic E-state index is 12.9. The van der Waals surface area contributed by atoms with E-state index in [1.165, 1.54) is 0 Å². The number of nitrogens with one attached hydrogen (secondary N) is 1. The number of hydrogen-bond acceptors (Lipinski definition) is 5. The highest BCUT2D eigenvalue weighted by Crippen LogP contribution is 2.37. The zero-order valence-corrected chi connectivity index (χ0v) is 11.1. The van der Waals surface area contributed by atoms with E-state index in [4.69, 9.17) is 0 Å². The van der Waals surface area contributed by atoms with Crippen molar-refractivity contribution in [1.29, 1.82) is 0 Å². The minimum Gasteiger partial charge on any atom is -0.390 e. The van der Waals surface area contributed by atoms with E-state index in [1.54, 1.807) is 7.05 Å². The van der Waals surface area contributed by atoms with Crippen LogP contribution in [0.5, 0.6) is 0 Å². The molecule has 1 rings (SSSR count). The summed E-state index contributed by atoms with van der Waals surface area (Å²) in [5.74, 6) is 0. The first kappa shape index (κ1) is 17.3. The minimum absolute atomic E-state index is 0.00233. The van der Waals surface area contributed by atoms with E-state index >= 15 is 0 Å². The molecule has 0 fully saturated rings. The van der Waals surface area contributed by atoms with Gasteiger partial charge in [-0.3, -0.25) is 10.1 Å². The molecule has 6 nitrogen and oxygen atoms in total. The van der Waals surface area contributed by atoms with Gasteiger partial charge < -0.3 is 15.5 Å². The number of benzene rings is 1. The van der Waals surface area contributed by atoms with Gasteiger partial charge in [0.05, 0.1) is 16.6 Å². The minimum atomic E-state index is -4.78. The van der Waals surface area contributed by atoms with E-state index in [2.05, 4.69) is 5.32 Å². The van der Waals surface area contributed by atoms with Crippen molar-refractivity contribution in [3.8, 4) is 0 Å². The van der Waals surface area contributed by atoms with Crippen LogP contribution in [0.25, 0.3) is 0 Å². The molecule has 0 radical (unpaired) electrons. The van der Waals surface area contributed by atoms with Crippen LogP contribution >= 0.6 is 0 Å². The van der Waals surface area contributed by atoms with Crippen molar-refractivity contribution in [3.05, 3.63) is 39.4 Å². The topological polar surface area (TPSA) is 95.6 Å². The molecule has 2 unspecified atom stereocenters. The van der Waals surface area contributed by atoms with Crippen LogP contribution in [0.1, 0.15) is 23.7 Å². The highest BCUT2D eigenvalue weighted by molar-refractivity contribution is 5.42. The molecule has 0 saturated carbocycles. The number of nitro groups is 1. The van der Waals surface area contributed by atoms with Gasteiger partial charge in [-0.25, -0.2) is 0 Å². The van der Waals surface area contributed by atoms with Gasteiger partial charge >= 0.3 is 6.18 Å². The second-order valence-corrected chi connectivity index (χ2v) is 4.43. The third kappa shape index (κ3) is 4.38. The fraction of sp³-hybridized carbons (Fsp3) is 0.500. The number of rotatable bonds is 6. The lowest BCUT2D eigenvalue weighted by molar-refractivity contribution is -0.385. The molecule has 2 atom stereocenters. The van der Waals surface area contributed by atoms with Crippen LogP contribution in [-0.2, 0) is 6.18 Å². The molecule has 0 heterocycles. The van der Waals surface area contributed by atoms with Crippen molar-refractivity contribution in [2.75, 3.05) is 13.6 Å². The maximum atomic E-state index is 12.9. The number of aliphatic hydroxyl groups excluding tert-OH is 2.